The minimum atomic E-state index is -0.519. The zero-order chi connectivity index (χ0) is 20.6. The first-order valence-corrected chi connectivity index (χ1v) is 8.96. The average molecular weight is 394 g/mol. The smallest absolute Gasteiger partial charge is 0.340 e. The lowest BCUT2D eigenvalue weighted by atomic mass is 10.1. The first-order chi connectivity index (χ1) is 14.1. The maximum absolute atomic E-state index is 12.9. The van der Waals surface area contributed by atoms with Crippen molar-refractivity contribution in [3.05, 3.63) is 83.3 Å². The lowest BCUT2D eigenvalue weighted by Crippen LogP contribution is -2.17. The molecule has 0 fully saturated rings. The van der Waals surface area contributed by atoms with Crippen LogP contribution in [0.15, 0.2) is 60.7 Å². The van der Waals surface area contributed by atoms with Gasteiger partial charge >= 0.3 is 5.97 Å². The molecule has 0 bridgehead atoms. The molecular formula is C21H19FN4O3. The summed E-state index contributed by atoms with van der Waals surface area (Å²) in [5.41, 5.74) is 1.56. The van der Waals surface area contributed by atoms with E-state index in [4.69, 9.17) is 4.74 Å². The Labute approximate surface area is 166 Å². The molecule has 29 heavy (non-hydrogen) atoms. The highest BCUT2D eigenvalue weighted by Gasteiger charge is 2.15. The van der Waals surface area contributed by atoms with Crippen LogP contribution in [0, 0.1) is 5.82 Å². The molecule has 1 heterocycles. The second-order valence-electron chi connectivity index (χ2n) is 6.00. The number of carbonyl (C=O) groups excluding carboxylic acids is 2. The van der Waals surface area contributed by atoms with Crippen LogP contribution < -0.4 is 10.6 Å². The monoisotopic (exact) mass is 394 g/mol. The largest absolute Gasteiger partial charge is 0.462 e. The van der Waals surface area contributed by atoms with Crippen LogP contribution in [0.25, 0.3) is 0 Å². The fourth-order valence-corrected chi connectivity index (χ4v) is 2.51. The van der Waals surface area contributed by atoms with Gasteiger partial charge in [0.25, 0.3) is 5.91 Å². The number of ether oxygens (including phenoxy) is 1. The van der Waals surface area contributed by atoms with Crippen LogP contribution in [0.1, 0.15) is 33.3 Å². The van der Waals surface area contributed by atoms with E-state index < -0.39 is 11.9 Å². The van der Waals surface area contributed by atoms with Crippen LogP contribution in [-0.2, 0) is 11.3 Å². The second-order valence-corrected chi connectivity index (χ2v) is 6.00. The fourth-order valence-electron chi connectivity index (χ4n) is 2.51. The maximum Gasteiger partial charge on any atom is 0.340 e. The highest BCUT2D eigenvalue weighted by molar-refractivity contribution is 6.07. The molecule has 0 unspecified atom stereocenters. The Kier molecular flexibility index (Phi) is 6.47. The summed E-state index contributed by atoms with van der Waals surface area (Å²) in [7, 11) is 0. The Balaban J connectivity index is 1.63. The molecule has 0 aliphatic heterocycles. The van der Waals surface area contributed by atoms with Crippen LogP contribution in [0.5, 0.6) is 0 Å². The van der Waals surface area contributed by atoms with Gasteiger partial charge in [-0.1, -0.05) is 24.3 Å². The third kappa shape index (κ3) is 5.35. The van der Waals surface area contributed by atoms with Crippen molar-refractivity contribution >= 4 is 23.4 Å². The van der Waals surface area contributed by atoms with Crippen LogP contribution in [0.3, 0.4) is 0 Å². The molecule has 3 aromatic rings. The first-order valence-electron chi connectivity index (χ1n) is 8.96. The molecule has 8 heteroatoms. The van der Waals surface area contributed by atoms with E-state index in [9.17, 15) is 14.0 Å². The molecule has 148 valence electrons. The minimum Gasteiger partial charge on any atom is -0.462 e. The van der Waals surface area contributed by atoms with Gasteiger partial charge in [0.2, 0.25) is 0 Å². The Morgan fingerprint density at radius 1 is 1.00 bits per heavy atom. The normalized spacial score (nSPS) is 10.3. The fraction of sp³-hybridized carbons (Fsp3) is 0.143. The van der Waals surface area contributed by atoms with Gasteiger partial charge in [-0.3, -0.25) is 4.79 Å². The highest BCUT2D eigenvalue weighted by Crippen LogP contribution is 2.17. The van der Waals surface area contributed by atoms with Crippen LogP contribution >= 0.6 is 0 Å². The van der Waals surface area contributed by atoms with Gasteiger partial charge in [-0.25, -0.2) is 9.18 Å². The number of hydrogen-bond donors (Lipinski definition) is 2. The summed E-state index contributed by atoms with van der Waals surface area (Å²) >= 11 is 0. The average Bonchev–Trinajstić information content (AvgIpc) is 2.74. The van der Waals surface area contributed by atoms with Crippen molar-refractivity contribution in [3.63, 3.8) is 0 Å². The number of amides is 1. The van der Waals surface area contributed by atoms with Gasteiger partial charge < -0.3 is 15.4 Å². The number of anilines is 2. The van der Waals surface area contributed by atoms with Crippen molar-refractivity contribution in [2.45, 2.75) is 13.5 Å². The summed E-state index contributed by atoms with van der Waals surface area (Å²) in [5.74, 6) is -0.847. The van der Waals surface area contributed by atoms with E-state index in [1.165, 1.54) is 18.2 Å². The number of esters is 1. The van der Waals surface area contributed by atoms with E-state index in [0.717, 1.165) is 5.56 Å². The molecule has 0 aliphatic carbocycles. The third-order valence-electron chi connectivity index (χ3n) is 3.95. The number of nitrogens with zero attached hydrogens (tertiary/aromatic N) is 2. The number of aromatic nitrogens is 2. The number of rotatable bonds is 7. The van der Waals surface area contributed by atoms with Crippen molar-refractivity contribution in [2.24, 2.45) is 0 Å². The van der Waals surface area contributed by atoms with Gasteiger partial charge in [0.15, 0.2) is 5.69 Å². The first kappa shape index (κ1) is 19.9. The Bertz CT molecular complexity index is 992. The molecule has 2 aromatic carbocycles. The van der Waals surface area contributed by atoms with E-state index in [0.29, 0.717) is 18.1 Å². The van der Waals surface area contributed by atoms with E-state index in [1.54, 1.807) is 49.4 Å². The molecule has 2 N–H and O–H groups in total. The number of para-hydroxylation sites is 1. The molecule has 0 spiro atoms. The van der Waals surface area contributed by atoms with Gasteiger partial charge in [0.05, 0.1) is 17.9 Å². The molecule has 0 radical (unpaired) electrons. The van der Waals surface area contributed by atoms with E-state index in [-0.39, 0.29) is 23.7 Å². The Morgan fingerprint density at radius 2 is 1.76 bits per heavy atom. The number of carbonyl (C=O) groups is 2. The quantitative estimate of drug-likeness (QED) is 0.594. The number of hydrogen-bond acceptors (Lipinski definition) is 6. The molecule has 0 saturated heterocycles. The molecule has 0 aliphatic rings. The zero-order valence-corrected chi connectivity index (χ0v) is 15.7. The molecule has 1 aromatic heterocycles. The third-order valence-corrected chi connectivity index (χ3v) is 3.95. The van der Waals surface area contributed by atoms with E-state index in [2.05, 4.69) is 20.8 Å². The van der Waals surface area contributed by atoms with Crippen LogP contribution in [-0.4, -0.2) is 28.7 Å². The maximum atomic E-state index is 12.9. The van der Waals surface area contributed by atoms with Crippen molar-refractivity contribution in [2.75, 3.05) is 17.2 Å². The molecule has 7 nitrogen and oxygen atoms in total. The molecule has 1 amide bonds. The molecule has 0 saturated carbocycles. The van der Waals surface area contributed by atoms with Crippen molar-refractivity contribution in [1.29, 1.82) is 0 Å². The predicted octanol–water partition coefficient (Wildman–Crippen LogP) is 3.66. The van der Waals surface area contributed by atoms with Gasteiger partial charge in [0, 0.05) is 6.54 Å². The zero-order valence-electron chi connectivity index (χ0n) is 15.7. The van der Waals surface area contributed by atoms with Gasteiger partial charge in [-0.2, -0.15) is 0 Å². The van der Waals surface area contributed by atoms with Crippen molar-refractivity contribution in [3.8, 4) is 0 Å². The standard InChI is InChI=1S/C21H19FN4O3/c1-2-29-21(28)16-5-3-4-6-17(16)24-20(27)18-11-12-19(26-25-18)23-13-14-7-9-15(22)10-8-14/h3-12H,2,13H2,1H3,(H,23,26)(H,24,27). The van der Waals surface area contributed by atoms with Crippen LogP contribution in [0.4, 0.5) is 15.9 Å². The summed E-state index contributed by atoms with van der Waals surface area (Å²) < 4.78 is 17.9. The summed E-state index contributed by atoms with van der Waals surface area (Å²) in [5, 5.41) is 13.6. The molecule has 0 atom stereocenters. The van der Waals surface area contributed by atoms with E-state index in [1.807, 2.05) is 0 Å². The Morgan fingerprint density at radius 3 is 2.45 bits per heavy atom. The topological polar surface area (TPSA) is 93.2 Å². The van der Waals surface area contributed by atoms with Crippen molar-refractivity contribution in [1.82, 2.24) is 10.2 Å². The second kappa shape index (κ2) is 9.41. The van der Waals surface area contributed by atoms with Gasteiger partial charge in [-0.15, -0.1) is 10.2 Å². The lowest BCUT2D eigenvalue weighted by molar-refractivity contribution is 0.0527. The summed E-state index contributed by atoms with van der Waals surface area (Å²) in [6.45, 7) is 2.38. The molecule has 3 rings (SSSR count). The summed E-state index contributed by atoms with van der Waals surface area (Å²) in [6.07, 6.45) is 0. The minimum absolute atomic E-state index is 0.0935. The number of benzene rings is 2. The van der Waals surface area contributed by atoms with Crippen molar-refractivity contribution < 1.29 is 18.7 Å². The highest BCUT2D eigenvalue weighted by atomic mass is 19.1. The molecular weight excluding hydrogens is 375 g/mol. The summed E-state index contributed by atoms with van der Waals surface area (Å²) in [4.78, 5) is 24.5. The number of nitrogens with one attached hydrogen (secondary N) is 2. The van der Waals surface area contributed by atoms with E-state index >= 15 is 0 Å². The van der Waals surface area contributed by atoms with Gasteiger partial charge in [0.1, 0.15) is 11.6 Å². The number of halogens is 1. The van der Waals surface area contributed by atoms with Gasteiger partial charge in [-0.05, 0) is 48.9 Å². The predicted molar refractivity (Wildman–Crippen MR) is 106 cm³/mol. The lowest BCUT2D eigenvalue weighted by Gasteiger charge is -2.10. The summed E-state index contributed by atoms with van der Waals surface area (Å²) in [6, 6.07) is 15.8. The Hall–Kier alpha value is -3.81. The SMILES string of the molecule is CCOC(=O)c1ccccc1NC(=O)c1ccc(NCc2ccc(F)cc2)nn1. The van der Waals surface area contributed by atoms with Crippen LogP contribution in [0.2, 0.25) is 0 Å².